The second kappa shape index (κ2) is 7.19. The van der Waals surface area contributed by atoms with Crippen molar-refractivity contribution in [2.24, 2.45) is 5.41 Å². The van der Waals surface area contributed by atoms with Crippen LogP contribution in [0.3, 0.4) is 0 Å². The fourth-order valence-electron chi connectivity index (χ4n) is 4.04. The molecular weight excluding hydrogens is 290 g/mol. The molecule has 1 aromatic rings. The molecule has 1 nitrogen and oxygen atoms in total. The molecule has 0 unspecified atom stereocenters. The van der Waals surface area contributed by atoms with Crippen molar-refractivity contribution >= 4 is 17.2 Å². The monoisotopic (exact) mass is 319 g/mol. The third-order valence-electron chi connectivity index (χ3n) is 4.96. The zero-order valence-corrected chi connectivity index (χ0v) is 15.4. The molecule has 1 aliphatic carbocycles. The molecule has 0 radical (unpaired) electrons. The first-order valence-corrected chi connectivity index (χ1v) is 8.82. The van der Waals surface area contributed by atoms with E-state index in [1.807, 2.05) is 6.07 Å². The Kier molecular flexibility index (Phi) is 5.74. The summed E-state index contributed by atoms with van der Waals surface area (Å²) >= 11 is 6.45. The summed E-state index contributed by atoms with van der Waals surface area (Å²) < 4.78 is 0. The van der Waals surface area contributed by atoms with Crippen LogP contribution < -0.4 is 0 Å². The van der Waals surface area contributed by atoms with E-state index in [1.54, 1.807) is 0 Å². The number of benzene rings is 1. The summed E-state index contributed by atoms with van der Waals surface area (Å²) in [4.78, 5) is 2.42. The minimum absolute atomic E-state index is 0.472. The van der Waals surface area contributed by atoms with Gasteiger partial charge in [0.1, 0.15) is 0 Å². The first kappa shape index (κ1) is 17.6. The molecule has 22 heavy (non-hydrogen) atoms. The highest BCUT2D eigenvalue weighted by Gasteiger charge is 2.28. The predicted octanol–water partition coefficient (Wildman–Crippen LogP) is 5.87. The van der Waals surface area contributed by atoms with Crippen molar-refractivity contribution in [1.29, 1.82) is 0 Å². The smallest absolute Gasteiger partial charge is 0.0486 e. The third kappa shape index (κ3) is 4.36. The molecule has 2 rings (SSSR count). The maximum atomic E-state index is 6.45. The standard InChI is InChI=1S/C20H30ClN/c1-15-11-16(2)19(18(21)12-15)17(3)13-22(5)14-20(4)9-7-6-8-10-20/h11-12H,3,6-10,13-14H2,1-2,4-5H3. The van der Waals surface area contributed by atoms with E-state index < -0.39 is 0 Å². The molecule has 122 valence electrons. The van der Waals surface area contributed by atoms with Crippen LogP contribution in [0, 0.1) is 19.3 Å². The van der Waals surface area contributed by atoms with E-state index in [0.717, 1.165) is 29.2 Å². The average Bonchev–Trinajstić information content (AvgIpc) is 2.36. The van der Waals surface area contributed by atoms with E-state index in [0.29, 0.717) is 5.41 Å². The molecule has 0 aromatic heterocycles. The molecule has 0 saturated heterocycles. The van der Waals surface area contributed by atoms with Gasteiger partial charge in [-0.3, -0.25) is 0 Å². The summed E-state index contributed by atoms with van der Waals surface area (Å²) in [5.74, 6) is 0. The van der Waals surface area contributed by atoms with Gasteiger partial charge in [-0.15, -0.1) is 0 Å². The lowest BCUT2D eigenvalue weighted by atomic mass is 9.75. The van der Waals surface area contributed by atoms with E-state index >= 15 is 0 Å². The second-order valence-electron chi connectivity index (χ2n) is 7.59. The van der Waals surface area contributed by atoms with Crippen LogP contribution in [0.4, 0.5) is 0 Å². The summed E-state index contributed by atoms with van der Waals surface area (Å²) in [5.41, 5.74) is 5.17. The van der Waals surface area contributed by atoms with Crippen LogP contribution in [0.5, 0.6) is 0 Å². The Bertz CT molecular complexity index is 518. The van der Waals surface area contributed by atoms with Crippen molar-refractivity contribution in [3.05, 3.63) is 40.4 Å². The fraction of sp³-hybridized carbons (Fsp3) is 0.600. The Balaban J connectivity index is 2.02. The molecule has 0 amide bonds. The van der Waals surface area contributed by atoms with E-state index in [4.69, 9.17) is 11.6 Å². The van der Waals surface area contributed by atoms with Crippen LogP contribution in [0.2, 0.25) is 5.02 Å². The molecular formula is C20H30ClN. The number of nitrogens with zero attached hydrogens (tertiary/aromatic N) is 1. The van der Waals surface area contributed by atoms with E-state index in [1.165, 1.54) is 43.2 Å². The van der Waals surface area contributed by atoms with Crippen LogP contribution >= 0.6 is 11.6 Å². The van der Waals surface area contributed by atoms with Gasteiger partial charge in [-0.1, -0.05) is 50.4 Å². The molecule has 0 bridgehead atoms. The van der Waals surface area contributed by atoms with Gasteiger partial charge in [0.15, 0.2) is 0 Å². The van der Waals surface area contributed by atoms with Crippen LogP contribution in [-0.2, 0) is 0 Å². The third-order valence-corrected chi connectivity index (χ3v) is 5.26. The molecule has 1 aliphatic rings. The number of hydrogen-bond acceptors (Lipinski definition) is 1. The Morgan fingerprint density at radius 1 is 1.23 bits per heavy atom. The van der Waals surface area contributed by atoms with Crippen molar-refractivity contribution in [2.45, 2.75) is 52.9 Å². The molecule has 0 spiro atoms. The molecule has 0 heterocycles. The summed E-state index contributed by atoms with van der Waals surface area (Å²) in [6, 6.07) is 4.23. The van der Waals surface area contributed by atoms with Gasteiger partial charge >= 0.3 is 0 Å². The van der Waals surface area contributed by atoms with Gasteiger partial charge in [-0.25, -0.2) is 0 Å². The highest BCUT2D eigenvalue weighted by atomic mass is 35.5. The molecule has 1 aromatic carbocycles. The minimum Gasteiger partial charge on any atom is -0.302 e. The van der Waals surface area contributed by atoms with Crippen molar-refractivity contribution in [2.75, 3.05) is 20.1 Å². The van der Waals surface area contributed by atoms with Crippen molar-refractivity contribution in [3.63, 3.8) is 0 Å². The largest absolute Gasteiger partial charge is 0.302 e. The highest BCUT2D eigenvalue weighted by Crippen LogP contribution is 2.36. The van der Waals surface area contributed by atoms with Crippen LogP contribution in [0.1, 0.15) is 55.7 Å². The maximum absolute atomic E-state index is 6.45. The van der Waals surface area contributed by atoms with Gasteiger partial charge in [-0.2, -0.15) is 0 Å². The van der Waals surface area contributed by atoms with E-state index in [2.05, 4.69) is 45.4 Å². The number of rotatable bonds is 5. The van der Waals surface area contributed by atoms with Gasteiger partial charge in [-0.05, 0) is 67.5 Å². The summed E-state index contributed by atoms with van der Waals surface area (Å²) in [5, 5.41) is 0.833. The average molecular weight is 320 g/mol. The quantitative estimate of drug-likeness (QED) is 0.655. The molecule has 0 aliphatic heterocycles. The normalized spacial score (nSPS) is 17.7. The zero-order chi connectivity index (χ0) is 16.3. The van der Waals surface area contributed by atoms with Crippen LogP contribution in [0.25, 0.3) is 5.57 Å². The Morgan fingerprint density at radius 3 is 2.45 bits per heavy atom. The lowest BCUT2D eigenvalue weighted by Gasteiger charge is -2.37. The minimum atomic E-state index is 0.472. The van der Waals surface area contributed by atoms with Crippen LogP contribution in [-0.4, -0.2) is 25.0 Å². The molecule has 1 fully saturated rings. The first-order chi connectivity index (χ1) is 10.3. The Labute approximate surface area is 141 Å². The van der Waals surface area contributed by atoms with E-state index in [-0.39, 0.29) is 0 Å². The number of hydrogen-bond donors (Lipinski definition) is 0. The van der Waals surface area contributed by atoms with Gasteiger partial charge in [0.05, 0.1) is 0 Å². The Morgan fingerprint density at radius 2 is 1.86 bits per heavy atom. The molecule has 1 saturated carbocycles. The first-order valence-electron chi connectivity index (χ1n) is 8.44. The van der Waals surface area contributed by atoms with Gasteiger partial charge < -0.3 is 4.90 Å². The van der Waals surface area contributed by atoms with Crippen molar-refractivity contribution < 1.29 is 0 Å². The topological polar surface area (TPSA) is 3.24 Å². The van der Waals surface area contributed by atoms with Crippen LogP contribution in [0.15, 0.2) is 18.7 Å². The number of halogens is 1. The molecule has 0 N–H and O–H groups in total. The predicted molar refractivity (Wildman–Crippen MR) is 98.6 cm³/mol. The van der Waals surface area contributed by atoms with Crippen molar-refractivity contribution in [1.82, 2.24) is 4.90 Å². The summed E-state index contributed by atoms with van der Waals surface area (Å²) in [6.45, 7) is 13.0. The van der Waals surface area contributed by atoms with Crippen molar-refractivity contribution in [3.8, 4) is 0 Å². The summed E-state index contributed by atoms with van der Waals surface area (Å²) in [7, 11) is 2.21. The molecule has 2 heteroatoms. The zero-order valence-electron chi connectivity index (χ0n) is 14.6. The van der Waals surface area contributed by atoms with Gasteiger partial charge in [0.2, 0.25) is 0 Å². The maximum Gasteiger partial charge on any atom is 0.0486 e. The summed E-state index contributed by atoms with van der Waals surface area (Å²) in [6.07, 6.45) is 6.88. The SMILES string of the molecule is C=C(CN(C)CC1(C)CCCCC1)c1c(C)cc(C)cc1Cl. The second-order valence-corrected chi connectivity index (χ2v) is 7.99. The van der Waals surface area contributed by atoms with Gasteiger partial charge in [0.25, 0.3) is 0 Å². The lowest BCUT2D eigenvalue weighted by Crippen LogP contribution is -2.35. The number of aryl methyl sites for hydroxylation is 2. The lowest BCUT2D eigenvalue weighted by molar-refractivity contribution is 0.148. The number of likely N-dealkylation sites (N-methyl/N-ethyl adjacent to an activating group) is 1. The highest BCUT2D eigenvalue weighted by molar-refractivity contribution is 6.32. The fourth-order valence-corrected chi connectivity index (χ4v) is 4.49. The van der Waals surface area contributed by atoms with E-state index in [9.17, 15) is 0 Å². The Hall–Kier alpha value is -0.790. The molecule has 0 atom stereocenters. The van der Waals surface area contributed by atoms with Gasteiger partial charge in [0, 0.05) is 18.1 Å².